The van der Waals surface area contributed by atoms with Gasteiger partial charge in [0.1, 0.15) is 0 Å². The van der Waals surface area contributed by atoms with Gasteiger partial charge in [-0.05, 0) is 0 Å². The predicted molar refractivity (Wildman–Crippen MR) is 43.9 cm³/mol. The van der Waals surface area contributed by atoms with Crippen LogP contribution in [0.5, 0.6) is 0 Å². The number of carbonyl (C=O) groups is 1. The van der Waals surface area contributed by atoms with Crippen LogP contribution in [-0.2, 0) is 3.02 Å². The molecule has 0 fully saturated rings. The van der Waals surface area contributed by atoms with Crippen molar-refractivity contribution in [2.75, 3.05) is 0 Å². The van der Waals surface area contributed by atoms with Gasteiger partial charge in [-0.15, -0.1) is 0 Å². The van der Waals surface area contributed by atoms with Gasteiger partial charge in [0.2, 0.25) is 0 Å². The molecule has 1 rings (SSSR count). The van der Waals surface area contributed by atoms with E-state index in [9.17, 15) is 7.81 Å². The first-order valence-corrected chi connectivity index (χ1v) is 7.91. The Labute approximate surface area is 78.8 Å². The molecule has 0 saturated heterocycles. The number of benzene rings is 1. The van der Waals surface area contributed by atoms with Gasteiger partial charge in [0.05, 0.1) is 0 Å². The second-order valence-corrected chi connectivity index (χ2v) is 6.85. The van der Waals surface area contributed by atoms with Crippen molar-refractivity contribution >= 4 is 29.1 Å². The monoisotopic (exact) mass is 292 g/mol. The second kappa shape index (κ2) is 3.54. The van der Waals surface area contributed by atoms with E-state index in [1.807, 2.05) is 0 Å². The summed E-state index contributed by atoms with van der Waals surface area (Å²) in [5, 5.41) is 8.60. The summed E-state index contributed by atoms with van der Waals surface area (Å²) in [5.41, 5.74) is -0.325. The summed E-state index contributed by atoms with van der Waals surface area (Å²) in [4.78, 5) is 10.5. The van der Waals surface area contributed by atoms with Crippen molar-refractivity contribution in [2.45, 2.75) is 0 Å². The molecule has 0 spiro atoms. The van der Waals surface area contributed by atoms with Crippen molar-refractivity contribution in [3.8, 4) is 0 Å². The molecule has 0 aliphatic carbocycles. The van der Waals surface area contributed by atoms with Gasteiger partial charge in [-0.2, -0.15) is 0 Å². The summed E-state index contributed by atoms with van der Waals surface area (Å²) in [5.74, 6) is -1.33. The molecule has 70 valence electrons. The molecular formula is C7H7O5Sb. The number of hydrogen-bond acceptors (Lipinski definition) is 2. The van der Waals surface area contributed by atoms with Gasteiger partial charge in [0.15, 0.2) is 0 Å². The van der Waals surface area contributed by atoms with E-state index in [4.69, 9.17) is 11.9 Å². The summed E-state index contributed by atoms with van der Waals surface area (Å²) >= 11 is -5.39. The zero-order chi connectivity index (χ0) is 10.1. The summed E-state index contributed by atoms with van der Waals surface area (Å²) < 4.78 is 28.2. The Hall–Kier alpha value is -0.772. The second-order valence-electron chi connectivity index (χ2n) is 2.37. The Morgan fingerprint density at radius 1 is 1.23 bits per heavy atom. The van der Waals surface area contributed by atoms with Gasteiger partial charge in [-0.25, -0.2) is 0 Å². The van der Waals surface area contributed by atoms with Crippen molar-refractivity contribution in [1.29, 1.82) is 0 Å². The zero-order valence-corrected chi connectivity index (χ0v) is 8.97. The zero-order valence-electron chi connectivity index (χ0n) is 6.41. The summed E-state index contributed by atoms with van der Waals surface area (Å²) in [6, 6.07) is 5.13. The average molecular weight is 293 g/mol. The van der Waals surface area contributed by atoms with E-state index >= 15 is 0 Å². The van der Waals surface area contributed by atoms with E-state index in [0.29, 0.717) is 0 Å². The fourth-order valence-corrected chi connectivity index (χ4v) is 3.09. The molecule has 0 atom stereocenters. The SMILES string of the molecule is O=C(O)c1cccc[c]1[Sb](=[O])([OH])[OH]. The van der Waals surface area contributed by atoms with E-state index in [0.717, 1.165) is 6.07 Å². The molecule has 0 aromatic heterocycles. The van der Waals surface area contributed by atoms with Crippen molar-refractivity contribution in [3.63, 3.8) is 0 Å². The Bertz CT molecular complexity index is 380. The Balaban J connectivity index is 3.37. The molecule has 0 aliphatic rings. The number of aromatic carboxylic acids is 1. The van der Waals surface area contributed by atoms with Gasteiger partial charge in [0, 0.05) is 0 Å². The molecule has 0 amide bonds. The number of hydrogen-bond donors (Lipinski definition) is 3. The first-order valence-electron chi connectivity index (χ1n) is 3.31. The predicted octanol–water partition coefficient (Wildman–Crippen LogP) is -1.05. The van der Waals surface area contributed by atoms with Crippen LogP contribution in [0.4, 0.5) is 0 Å². The summed E-state index contributed by atoms with van der Waals surface area (Å²) in [7, 11) is 0. The Kier molecular flexibility index (Phi) is 2.80. The fourth-order valence-electron chi connectivity index (χ4n) is 0.908. The van der Waals surface area contributed by atoms with Gasteiger partial charge < -0.3 is 0 Å². The van der Waals surface area contributed by atoms with E-state index in [1.165, 1.54) is 18.2 Å². The normalized spacial score (nSPS) is 11.2. The van der Waals surface area contributed by atoms with Crippen LogP contribution in [0.25, 0.3) is 0 Å². The molecule has 13 heavy (non-hydrogen) atoms. The molecule has 0 aliphatic heterocycles. The third kappa shape index (κ3) is 2.34. The third-order valence-corrected chi connectivity index (χ3v) is 4.35. The van der Waals surface area contributed by atoms with Crippen molar-refractivity contribution in [1.82, 2.24) is 0 Å². The van der Waals surface area contributed by atoms with Crippen LogP contribution in [0.15, 0.2) is 24.3 Å². The quantitative estimate of drug-likeness (QED) is 0.605. The molecule has 5 nitrogen and oxygen atoms in total. The number of rotatable bonds is 2. The van der Waals surface area contributed by atoms with Crippen LogP contribution < -0.4 is 3.51 Å². The average Bonchev–Trinajstić information content (AvgIpc) is 2.03. The molecule has 0 heterocycles. The minimum absolute atomic E-state index is 0.325. The standard InChI is InChI=1S/C7H5O2.2H2O.O.Sb/c8-7(9)6-4-2-1-3-5-6;;;;/h1-4H,(H,8,9);2*1H2;;/q;;;;+2/p-2. The first kappa shape index (κ1) is 10.3. The maximum absolute atomic E-state index is 10.9. The van der Waals surface area contributed by atoms with E-state index in [-0.39, 0.29) is 9.07 Å². The van der Waals surface area contributed by atoms with Crippen LogP contribution in [0.1, 0.15) is 10.4 Å². The molecular weight excluding hydrogens is 286 g/mol. The van der Waals surface area contributed by atoms with Crippen LogP contribution in [0.2, 0.25) is 0 Å². The van der Waals surface area contributed by atoms with Crippen molar-refractivity contribution in [2.24, 2.45) is 0 Å². The van der Waals surface area contributed by atoms with E-state index in [2.05, 4.69) is 0 Å². The Morgan fingerprint density at radius 2 is 1.77 bits per heavy atom. The number of carboxylic acid groups (broad SMARTS) is 1. The van der Waals surface area contributed by atoms with Crippen LogP contribution >= 0.6 is 0 Å². The maximum atomic E-state index is 10.9. The molecule has 1 aromatic rings. The third-order valence-electron chi connectivity index (χ3n) is 1.45. The van der Waals surface area contributed by atoms with Crippen LogP contribution in [0.3, 0.4) is 0 Å². The molecule has 0 unspecified atom stereocenters. The number of carboxylic acids is 1. The fraction of sp³-hybridized carbons (Fsp3) is 0. The van der Waals surface area contributed by atoms with Crippen molar-refractivity contribution < 1.29 is 19.7 Å². The molecule has 3 N–H and O–H groups in total. The topological polar surface area (TPSA) is 94.8 Å². The molecule has 1 aromatic carbocycles. The van der Waals surface area contributed by atoms with Gasteiger partial charge in [-0.1, -0.05) is 0 Å². The van der Waals surface area contributed by atoms with Gasteiger partial charge in [-0.3, -0.25) is 0 Å². The summed E-state index contributed by atoms with van der Waals surface area (Å²) in [6.45, 7) is 0. The van der Waals surface area contributed by atoms with Crippen molar-refractivity contribution in [3.05, 3.63) is 29.8 Å². The van der Waals surface area contributed by atoms with Gasteiger partial charge in [0.25, 0.3) is 0 Å². The van der Waals surface area contributed by atoms with Crippen LogP contribution in [-0.4, -0.2) is 37.5 Å². The molecule has 0 saturated carbocycles. The molecule has 0 bridgehead atoms. The van der Waals surface area contributed by atoms with Crippen LogP contribution in [0, 0.1) is 0 Å². The first-order chi connectivity index (χ1) is 5.93. The van der Waals surface area contributed by atoms with Gasteiger partial charge >= 0.3 is 78.6 Å². The molecule has 0 radical (unpaired) electrons. The molecule has 6 heteroatoms. The van der Waals surface area contributed by atoms with E-state index in [1.54, 1.807) is 0 Å². The minimum atomic E-state index is -5.39. The van der Waals surface area contributed by atoms with E-state index < -0.39 is 25.6 Å². The Morgan fingerprint density at radius 3 is 2.15 bits per heavy atom. The summed E-state index contributed by atoms with van der Waals surface area (Å²) in [6.07, 6.45) is 0.